The van der Waals surface area contributed by atoms with Crippen molar-refractivity contribution in [2.24, 2.45) is 0 Å². The lowest BCUT2D eigenvalue weighted by Crippen LogP contribution is -2.29. The summed E-state index contributed by atoms with van der Waals surface area (Å²) in [6.45, 7) is 0. The molecule has 4 heteroatoms. The Balaban J connectivity index is 2.01. The van der Waals surface area contributed by atoms with Crippen molar-refractivity contribution in [3.63, 3.8) is 0 Å². The maximum Gasteiger partial charge on any atom is 0.123 e. The number of hydrogen-bond acceptors (Lipinski definition) is 4. The third-order valence-corrected chi connectivity index (χ3v) is 2.97. The first-order valence-electron chi connectivity index (χ1n) is 6.04. The fourth-order valence-electron chi connectivity index (χ4n) is 1.99. The van der Waals surface area contributed by atoms with E-state index < -0.39 is 0 Å². The van der Waals surface area contributed by atoms with Gasteiger partial charge in [0.05, 0.1) is 0 Å². The zero-order valence-corrected chi connectivity index (χ0v) is 10.5. The highest BCUT2D eigenvalue weighted by Crippen LogP contribution is 2.10. The Morgan fingerprint density at radius 2 is 1.78 bits per heavy atom. The van der Waals surface area contributed by atoms with Crippen LogP contribution in [-0.2, 0) is 12.8 Å². The van der Waals surface area contributed by atoms with E-state index in [0.717, 1.165) is 12.8 Å². The van der Waals surface area contributed by atoms with Crippen molar-refractivity contribution in [1.29, 1.82) is 0 Å². The number of aromatic nitrogens is 2. The number of rotatable bonds is 5. The first-order valence-corrected chi connectivity index (χ1v) is 6.04. The fraction of sp³-hybridized carbons (Fsp3) is 0.286. The molecular formula is C14H18N4. The summed E-state index contributed by atoms with van der Waals surface area (Å²) in [4.78, 5) is 8.03. The van der Waals surface area contributed by atoms with E-state index in [9.17, 15) is 0 Å². The quantitative estimate of drug-likeness (QED) is 0.832. The Hall–Kier alpha value is -1.94. The van der Waals surface area contributed by atoms with Crippen LogP contribution in [0.5, 0.6) is 0 Å². The van der Waals surface area contributed by atoms with Gasteiger partial charge in [-0.2, -0.15) is 0 Å². The van der Waals surface area contributed by atoms with Gasteiger partial charge >= 0.3 is 0 Å². The van der Waals surface area contributed by atoms with Gasteiger partial charge in [-0.25, -0.2) is 4.98 Å². The molecule has 0 saturated heterocycles. The molecule has 94 valence electrons. The second-order valence-corrected chi connectivity index (χ2v) is 4.34. The Labute approximate surface area is 107 Å². The Morgan fingerprint density at radius 3 is 2.44 bits per heavy atom. The molecule has 1 unspecified atom stereocenters. The van der Waals surface area contributed by atoms with Crippen LogP contribution in [0, 0.1) is 0 Å². The molecule has 2 rings (SSSR count). The molecule has 2 aromatic rings. The molecule has 0 aliphatic rings. The summed E-state index contributed by atoms with van der Waals surface area (Å²) in [7, 11) is 1.98. The Morgan fingerprint density at radius 1 is 1.11 bits per heavy atom. The Bertz CT molecular complexity index is 484. The second kappa shape index (κ2) is 6.12. The molecule has 0 bridgehead atoms. The highest BCUT2D eigenvalue weighted by Gasteiger charge is 2.08. The van der Waals surface area contributed by atoms with Crippen LogP contribution in [0.3, 0.4) is 0 Å². The van der Waals surface area contributed by atoms with E-state index in [1.807, 2.05) is 43.7 Å². The topological polar surface area (TPSA) is 63.8 Å². The van der Waals surface area contributed by atoms with Crippen molar-refractivity contribution < 1.29 is 0 Å². The number of anilines is 1. The van der Waals surface area contributed by atoms with Crippen molar-refractivity contribution in [1.82, 2.24) is 15.3 Å². The predicted molar refractivity (Wildman–Crippen MR) is 73.1 cm³/mol. The van der Waals surface area contributed by atoms with Crippen LogP contribution in [0.4, 0.5) is 5.82 Å². The van der Waals surface area contributed by atoms with E-state index in [2.05, 4.69) is 15.3 Å². The maximum atomic E-state index is 5.69. The highest BCUT2D eigenvalue weighted by molar-refractivity contribution is 5.32. The number of nitrogens with one attached hydrogen (secondary N) is 1. The lowest BCUT2D eigenvalue weighted by molar-refractivity contribution is 0.556. The number of hydrogen-bond donors (Lipinski definition) is 2. The van der Waals surface area contributed by atoms with Crippen LogP contribution in [0.15, 0.2) is 42.9 Å². The van der Waals surface area contributed by atoms with Gasteiger partial charge in [-0.3, -0.25) is 4.98 Å². The number of pyridine rings is 2. The highest BCUT2D eigenvalue weighted by atomic mass is 14.9. The molecule has 0 aliphatic heterocycles. The molecule has 4 nitrogen and oxygen atoms in total. The van der Waals surface area contributed by atoms with Gasteiger partial charge in [0.25, 0.3) is 0 Å². The third kappa shape index (κ3) is 3.53. The first-order chi connectivity index (χ1) is 8.78. The van der Waals surface area contributed by atoms with E-state index in [1.165, 1.54) is 11.1 Å². The van der Waals surface area contributed by atoms with Crippen LogP contribution in [0.2, 0.25) is 0 Å². The molecule has 0 radical (unpaired) electrons. The minimum absolute atomic E-state index is 0.384. The summed E-state index contributed by atoms with van der Waals surface area (Å²) < 4.78 is 0. The summed E-state index contributed by atoms with van der Waals surface area (Å²) in [5, 5.41) is 3.34. The zero-order valence-electron chi connectivity index (χ0n) is 10.5. The number of nitrogens with two attached hydrogens (primary N) is 1. The molecule has 2 aromatic heterocycles. The van der Waals surface area contributed by atoms with Gasteiger partial charge in [-0.05, 0) is 55.3 Å². The van der Waals surface area contributed by atoms with Gasteiger partial charge in [0.2, 0.25) is 0 Å². The zero-order chi connectivity index (χ0) is 12.8. The van der Waals surface area contributed by atoms with Gasteiger partial charge in [0.1, 0.15) is 5.82 Å². The van der Waals surface area contributed by atoms with Crippen LogP contribution in [0.1, 0.15) is 11.1 Å². The minimum Gasteiger partial charge on any atom is -0.384 e. The van der Waals surface area contributed by atoms with Crippen molar-refractivity contribution in [2.45, 2.75) is 18.9 Å². The summed E-state index contributed by atoms with van der Waals surface area (Å²) in [5.74, 6) is 0.575. The summed E-state index contributed by atoms with van der Waals surface area (Å²) in [6.07, 6.45) is 7.32. The maximum absolute atomic E-state index is 5.69. The van der Waals surface area contributed by atoms with E-state index >= 15 is 0 Å². The molecule has 3 N–H and O–H groups in total. The van der Waals surface area contributed by atoms with E-state index in [0.29, 0.717) is 11.9 Å². The Kier molecular flexibility index (Phi) is 4.25. The summed E-state index contributed by atoms with van der Waals surface area (Å²) >= 11 is 0. The van der Waals surface area contributed by atoms with Crippen LogP contribution < -0.4 is 11.1 Å². The van der Waals surface area contributed by atoms with Crippen molar-refractivity contribution in [2.75, 3.05) is 12.8 Å². The van der Waals surface area contributed by atoms with Crippen molar-refractivity contribution >= 4 is 5.82 Å². The molecule has 0 fully saturated rings. The summed E-state index contributed by atoms with van der Waals surface area (Å²) in [6, 6.07) is 8.41. The molecule has 0 saturated carbocycles. The standard InChI is InChI=1S/C14H18N4/c1-16-13(8-11-2-5-17-6-3-11)9-12-4-7-18-14(15)10-12/h2-7,10,13,16H,8-9H2,1H3,(H2,15,18). The average molecular weight is 242 g/mol. The smallest absolute Gasteiger partial charge is 0.123 e. The van der Waals surface area contributed by atoms with E-state index in [-0.39, 0.29) is 0 Å². The molecule has 0 amide bonds. The minimum atomic E-state index is 0.384. The lowest BCUT2D eigenvalue weighted by Gasteiger charge is -2.16. The van der Waals surface area contributed by atoms with Crippen molar-refractivity contribution in [3.8, 4) is 0 Å². The second-order valence-electron chi connectivity index (χ2n) is 4.34. The molecule has 1 atom stereocenters. The molecule has 0 aliphatic carbocycles. The molecular weight excluding hydrogens is 224 g/mol. The van der Waals surface area contributed by atoms with Gasteiger partial charge in [0, 0.05) is 24.6 Å². The van der Waals surface area contributed by atoms with E-state index in [1.54, 1.807) is 6.20 Å². The number of nitrogens with zero attached hydrogens (tertiary/aromatic N) is 2. The first kappa shape index (κ1) is 12.5. The SMILES string of the molecule is CNC(Cc1ccncc1)Cc1ccnc(N)c1. The van der Waals surface area contributed by atoms with Gasteiger partial charge in [-0.15, -0.1) is 0 Å². The van der Waals surface area contributed by atoms with Crippen molar-refractivity contribution in [3.05, 3.63) is 54.0 Å². The average Bonchev–Trinajstić information content (AvgIpc) is 2.39. The number of likely N-dealkylation sites (N-methyl/N-ethyl adjacent to an activating group) is 1. The predicted octanol–water partition coefficient (Wildman–Crippen LogP) is 1.43. The fourth-order valence-corrected chi connectivity index (χ4v) is 1.99. The number of nitrogen functional groups attached to an aromatic ring is 1. The molecule has 18 heavy (non-hydrogen) atoms. The van der Waals surface area contributed by atoms with E-state index in [4.69, 9.17) is 5.73 Å². The third-order valence-electron chi connectivity index (χ3n) is 2.97. The molecule has 0 spiro atoms. The van der Waals surface area contributed by atoms with Gasteiger partial charge in [0.15, 0.2) is 0 Å². The normalized spacial score (nSPS) is 12.3. The summed E-state index contributed by atoms with van der Waals surface area (Å²) in [5.41, 5.74) is 8.18. The van der Waals surface area contributed by atoms with Crippen LogP contribution >= 0.6 is 0 Å². The van der Waals surface area contributed by atoms with Gasteiger partial charge in [-0.1, -0.05) is 0 Å². The molecule has 2 heterocycles. The van der Waals surface area contributed by atoms with Crippen LogP contribution in [-0.4, -0.2) is 23.1 Å². The van der Waals surface area contributed by atoms with Crippen LogP contribution in [0.25, 0.3) is 0 Å². The van der Waals surface area contributed by atoms with Gasteiger partial charge < -0.3 is 11.1 Å². The molecule has 0 aromatic carbocycles. The monoisotopic (exact) mass is 242 g/mol. The largest absolute Gasteiger partial charge is 0.384 e. The lowest BCUT2D eigenvalue weighted by atomic mass is 10.0.